The molecule has 0 saturated carbocycles. The Morgan fingerprint density at radius 2 is 1.97 bits per heavy atom. The van der Waals surface area contributed by atoms with Gasteiger partial charge in [-0.25, -0.2) is 5.53 Å². The predicted molar refractivity (Wildman–Crippen MR) is 117 cm³/mol. The molecule has 0 radical (unpaired) electrons. The first kappa shape index (κ1) is 19.3. The summed E-state index contributed by atoms with van der Waals surface area (Å²) in [6.45, 7) is 6.44. The van der Waals surface area contributed by atoms with E-state index in [1.54, 1.807) is 0 Å². The molecule has 1 saturated heterocycles. The number of nitrogens with one attached hydrogen (secondary N) is 2. The molecule has 1 aliphatic rings. The monoisotopic (exact) mass is 388 g/mol. The number of nitrogens with zero attached hydrogens (tertiary/aromatic N) is 3. The van der Waals surface area contributed by atoms with Crippen LogP contribution in [0.1, 0.15) is 53.1 Å². The SMILES string of the molecule is Cc1cc(C)c2[nH]ccc2c1CN1CCCCC1c1ccc(/C(N=N)=N/N)cc1. The second-order valence-corrected chi connectivity index (χ2v) is 7.92. The van der Waals surface area contributed by atoms with Crippen LogP contribution in [-0.4, -0.2) is 22.3 Å². The third-order valence-corrected chi connectivity index (χ3v) is 6.13. The van der Waals surface area contributed by atoms with Gasteiger partial charge in [0, 0.05) is 35.2 Å². The highest BCUT2D eigenvalue weighted by molar-refractivity contribution is 5.98. The molecule has 4 N–H and O–H groups in total. The van der Waals surface area contributed by atoms with Gasteiger partial charge in [0.05, 0.1) is 0 Å². The van der Waals surface area contributed by atoms with Gasteiger partial charge in [-0.05, 0) is 61.6 Å². The zero-order chi connectivity index (χ0) is 20.4. The Morgan fingerprint density at radius 1 is 1.17 bits per heavy atom. The maximum Gasteiger partial charge on any atom is 0.199 e. The van der Waals surface area contributed by atoms with Gasteiger partial charge in [0.25, 0.3) is 0 Å². The lowest BCUT2D eigenvalue weighted by Gasteiger charge is -2.36. The van der Waals surface area contributed by atoms with Gasteiger partial charge in [-0.15, -0.1) is 5.11 Å². The van der Waals surface area contributed by atoms with Crippen LogP contribution in [0.4, 0.5) is 0 Å². The van der Waals surface area contributed by atoms with Gasteiger partial charge in [-0.1, -0.05) is 36.8 Å². The number of aromatic amines is 1. The summed E-state index contributed by atoms with van der Waals surface area (Å²) in [4.78, 5) is 6.01. The summed E-state index contributed by atoms with van der Waals surface area (Å²) >= 11 is 0. The molecule has 6 heteroatoms. The Labute approximate surface area is 171 Å². The number of aryl methyl sites for hydroxylation is 2. The number of amidine groups is 1. The van der Waals surface area contributed by atoms with Crippen LogP contribution in [-0.2, 0) is 6.54 Å². The molecule has 0 spiro atoms. The van der Waals surface area contributed by atoms with E-state index in [4.69, 9.17) is 11.4 Å². The summed E-state index contributed by atoms with van der Waals surface area (Å²) in [5.41, 5.74) is 14.6. The highest BCUT2D eigenvalue weighted by atomic mass is 15.2. The summed E-state index contributed by atoms with van der Waals surface area (Å²) in [5.74, 6) is 5.58. The fraction of sp³-hybridized carbons (Fsp3) is 0.348. The van der Waals surface area contributed by atoms with Crippen LogP contribution in [0.3, 0.4) is 0 Å². The minimum atomic E-state index is 0.252. The molecule has 0 bridgehead atoms. The van der Waals surface area contributed by atoms with Crippen molar-refractivity contribution in [1.29, 1.82) is 5.53 Å². The van der Waals surface area contributed by atoms with Gasteiger partial charge in [-0.2, -0.15) is 5.10 Å². The number of aromatic nitrogens is 1. The number of H-pyrrole nitrogens is 1. The molecule has 29 heavy (non-hydrogen) atoms. The average Bonchev–Trinajstić information content (AvgIpc) is 3.23. The molecular weight excluding hydrogens is 360 g/mol. The molecule has 0 aliphatic carbocycles. The van der Waals surface area contributed by atoms with E-state index in [-0.39, 0.29) is 5.84 Å². The molecule has 1 atom stereocenters. The molecule has 1 aromatic heterocycles. The Kier molecular flexibility index (Phi) is 5.45. The number of fused-ring (bicyclic) bond motifs is 1. The Bertz CT molecular complexity index is 1050. The topological polar surface area (TPSA) is 93.6 Å². The molecule has 2 aromatic carbocycles. The zero-order valence-electron chi connectivity index (χ0n) is 17.1. The van der Waals surface area contributed by atoms with Gasteiger partial charge in [0.1, 0.15) is 0 Å². The van der Waals surface area contributed by atoms with Crippen molar-refractivity contribution in [2.75, 3.05) is 6.54 Å². The lowest BCUT2D eigenvalue weighted by Crippen LogP contribution is -2.33. The first-order chi connectivity index (χ1) is 14.1. The molecule has 1 fully saturated rings. The third-order valence-electron chi connectivity index (χ3n) is 6.13. The highest BCUT2D eigenvalue weighted by Gasteiger charge is 2.25. The summed E-state index contributed by atoms with van der Waals surface area (Å²) < 4.78 is 0. The fourth-order valence-corrected chi connectivity index (χ4v) is 4.64. The number of likely N-dealkylation sites (tertiary alicyclic amines) is 1. The standard InChI is InChI=1S/C23H28N6/c1-15-13-16(2)22-19(10-11-26-22)20(15)14-29-12-4-3-5-21(29)17-6-8-18(9-7-17)23(27-24)28-25/h6-11,13,21,24,26H,3-5,12,14,25H2,1-2H3/b27-24?,28-23-. The van der Waals surface area contributed by atoms with Crippen molar-refractivity contribution in [3.8, 4) is 0 Å². The average molecular weight is 389 g/mol. The van der Waals surface area contributed by atoms with E-state index in [9.17, 15) is 0 Å². The van der Waals surface area contributed by atoms with Crippen molar-refractivity contribution >= 4 is 16.7 Å². The largest absolute Gasteiger partial charge is 0.361 e. The lowest BCUT2D eigenvalue weighted by atomic mass is 9.92. The van der Waals surface area contributed by atoms with E-state index in [1.807, 2.05) is 18.3 Å². The summed E-state index contributed by atoms with van der Waals surface area (Å²) in [6, 6.07) is 13.1. The van der Waals surface area contributed by atoms with E-state index >= 15 is 0 Å². The molecule has 150 valence electrons. The van der Waals surface area contributed by atoms with Crippen LogP contribution >= 0.6 is 0 Å². The van der Waals surface area contributed by atoms with Crippen molar-refractivity contribution in [2.24, 2.45) is 16.1 Å². The lowest BCUT2D eigenvalue weighted by molar-refractivity contribution is 0.141. The summed E-state index contributed by atoms with van der Waals surface area (Å²) in [5, 5.41) is 8.31. The number of benzene rings is 2. The first-order valence-electron chi connectivity index (χ1n) is 10.2. The smallest absolute Gasteiger partial charge is 0.199 e. The maximum absolute atomic E-state index is 7.20. The molecular formula is C23H28N6. The van der Waals surface area contributed by atoms with Gasteiger partial charge < -0.3 is 10.8 Å². The Balaban J connectivity index is 1.64. The number of hydrazone groups is 1. The quantitative estimate of drug-likeness (QED) is 0.189. The van der Waals surface area contributed by atoms with Crippen molar-refractivity contribution in [3.05, 3.63) is 70.4 Å². The van der Waals surface area contributed by atoms with Crippen LogP contribution in [0.15, 0.2) is 52.8 Å². The highest BCUT2D eigenvalue weighted by Crippen LogP contribution is 2.34. The molecule has 1 unspecified atom stereocenters. The minimum Gasteiger partial charge on any atom is -0.361 e. The normalized spacial score (nSPS) is 18.3. The van der Waals surface area contributed by atoms with E-state index in [0.29, 0.717) is 6.04 Å². The second kappa shape index (κ2) is 8.17. The molecule has 4 rings (SSSR count). The van der Waals surface area contributed by atoms with Crippen LogP contribution in [0.25, 0.3) is 10.9 Å². The Morgan fingerprint density at radius 3 is 2.69 bits per heavy atom. The van der Waals surface area contributed by atoms with Gasteiger partial charge in [-0.3, -0.25) is 4.90 Å². The van der Waals surface area contributed by atoms with E-state index in [0.717, 1.165) is 25.1 Å². The minimum absolute atomic E-state index is 0.252. The van der Waals surface area contributed by atoms with Gasteiger partial charge >= 0.3 is 0 Å². The van der Waals surface area contributed by atoms with Crippen LogP contribution in [0.2, 0.25) is 0 Å². The van der Waals surface area contributed by atoms with Crippen LogP contribution < -0.4 is 5.84 Å². The molecule has 1 aliphatic heterocycles. The summed E-state index contributed by atoms with van der Waals surface area (Å²) in [7, 11) is 0. The van der Waals surface area contributed by atoms with Crippen LogP contribution in [0, 0.1) is 19.4 Å². The number of hydrogen-bond acceptors (Lipinski definition) is 4. The van der Waals surface area contributed by atoms with Gasteiger partial charge in [0.2, 0.25) is 0 Å². The van der Waals surface area contributed by atoms with E-state index in [1.165, 1.54) is 46.0 Å². The van der Waals surface area contributed by atoms with Crippen molar-refractivity contribution in [3.63, 3.8) is 0 Å². The number of rotatable bonds is 4. The molecule has 6 nitrogen and oxygen atoms in total. The number of hydrogen-bond donors (Lipinski definition) is 3. The van der Waals surface area contributed by atoms with E-state index < -0.39 is 0 Å². The second-order valence-electron chi connectivity index (χ2n) is 7.92. The van der Waals surface area contributed by atoms with Crippen molar-refractivity contribution in [1.82, 2.24) is 9.88 Å². The zero-order valence-corrected chi connectivity index (χ0v) is 17.1. The number of piperidine rings is 1. The molecule has 3 aromatic rings. The predicted octanol–water partition coefficient (Wildman–Crippen LogP) is 5.16. The third kappa shape index (κ3) is 3.68. The molecule has 2 heterocycles. The van der Waals surface area contributed by atoms with Gasteiger partial charge in [0.15, 0.2) is 5.84 Å². The van der Waals surface area contributed by atoms with Crippen molar-refractivity contribution in [2.45, 2.75) is 45.7 Å². The number of nitrogens with two attached hydrogens (primary N) is 1. The van der Waals surface area contributed by atoms with E-state index in [2.05, 4.69) is 58.2 Å². The van der Waals surface area contributed by atoms with Crippen LogP contribution in [0.5, 0.6) is 0 Å². The maximum atomic E-state index is 7.20. The fourth-order valence-electron chi connectivity index (χ4n) is 4.64. The first-order valence-corrected chi connectivity index (χ1v) is 10.2. The summed E-state index contributed by atoms with van der Waals surface area (Å²) in [6.07, 6.45) is 5.67. The Hall–Kier alpha value is -2.99. The molecule has 0 amide bonds. The van der Waals surface area contributed by atoms with Crippen molar-refractivity contribution < 1.29 is 0 Å².